The molecule has 0 aliphatic carbocycles. The first-order chi connectivity index (χ1) is 6.81. The molecule has 0 radical (unpaired) electrons. The minimum Gasteiger partial charge on any atom is -0.368 e. The molecule has 0 aliphatic rings. The van der Waals surface area contributed by atoms with Gasteiger partial charge >= 0.3 is 0 Å². The molecular formula is C9H11N5. The van der Waals surface area contributed by atoms with Gasteiger partial charge in [-0.3, -0.25) is 4.68 Å². The molecule has 0 fully saturated rings. The zero-order chi connectivity index (χ0) is 9.97. The third-order valence-corrected chi connectivity index (χ3v) is 1.95. The maximum Gasteiger partial charge on any atom is 0.220 e. The van der Waals surface area contributed by atoms with Crippen LogP contribution in [0.25, 0.3) is 11.4 Å². The molecule has 2 rings (SSSR count). The smallest absolute Gasteiger partial charge is 0.220 e. The normalized spacial score (nSPS) is 10.4. The van der Waals surface area contributed by atoms with E-state index in [2.05, 4.69) is 15.1 Å². The molecule has 5 nitrogen and oxygen atoms in total. The molecule has 0 amide bonds. The van der Waals surface area contributed by atoms with Crippen molar-refractivity contribution in [2.24, 2.45) is 0 Å². The highest BCUT2D eigenvalue weighted by Gasteiger charge is 2.05. The Morgan fingerprint density at radius 3 is 2.93 bits per heavy atom. The first-order valence-corrected chi connectivity index (χ1v) is 4.42. The number of anilines is 1. The maximum atomic E-state index is 5.50. The molecule has 0 unspecified atom stereocenters. The third-order valence-electron chi connectivity index (χ3n) is 1.95. The van der Waals surface area contributed by atoms with Crippen LogP contribution in [0.4, 0.5) is 5.95 Å². The number of hydrogen-bond donors (Lipinski definition) is 1. The maximum absolute atomic E-state index is 5.50. The molecule has 14 heavy (non-hydrogen) atoms. The number of rotatable bonds is 2. The summed E-state index contributed by atoms with van der Waals surface area (Å²) in [5, 5.41) is 4.16. The van der Waals surface area contributed by atoms with Crippen molar-refractivity contribution in [1.82, 2.24) is 19.7 Å². The van der Waals surface area contributed by atoms with E-state index in [-0.39, 0.29) is 5.95 Å². The second kappa shape index (κ2) is 3.45. The monoisotopic (exact) mass is 189 g/mol. The number of aromatic nitrogens is 4. The zero-order valence-corrected chi connectivity index (χ0v) is 7.88. The molecule has 0 aromatic carbocycles. The van der Waals surface area contributed by atoms with Crippen LogP contribution in [0, 0.1) is 0 Å². The summed E-state index contributed by atoms with van der Waals surface area (Å²) in [6.45, 7) is 2.84. The van der Waals surface area contributed by atoms with E-state index >= 15 is 0 Å². The number of aryl methyl sites for hydroxylation is 1. The highest BCUT2D eigenvalue weighted by Crippen LogP contribution is 2.15. The van der Waals surface area contributed by atoms with E-state index < -0.39 is 0 Å². The first-order valence-electron chi connectivity index (χ1n) is 4.42. The Hall–Kier alpha value is -1.91. The molecule has 0 atom stereocenters. The topological polar surface area (TPSA) is 69.6 Å². The van der Waals surface area contributed by atoms with Crippen molar-refractivity contribution in [3.63, 3.8) is 0 Å². The second-order valence-electron chi connectivity index (χ2n) is 2.83. The summed E-state index contributed by atoms with van der Waals surface area (Å²) in [6.07, 6.45) is 3.39. The van der Waals surface area contributed by atoms with Gasteiger partial charge in [0.25, 0.3) is 0 Å². The zero-order valence-electron chi connectivity index (χ0n) is 7.88. The largest absolute Gasteiger partial charge is 0.368 e. The summed E-state index contributed by atoms with van der Waals surface area (Å²) in [4.78, 5) is 7.97. The molecule has 0 aliphatic heterocycles. The Kier molecular flexibility index (Phi) is 2.14. The lowest BCUT2D eigenvalue weighted by atomic mass is 10.3. The van der Waals surface area contributed by atoms with Crippen LogP contribution in [0.15, 0.2) is 24.5 Å². The van der Waals surface area contributed by atoms with Crippen LogP contribution in [-0.2, 0) is 6.54 Å². The SMILES string of the molecule is CCn1nccc1-c1ccnc(N)n1. The van der Waals surface area contributed by atoms with Crippen LogP contribution in [0.1, 0.15) is 6.92 Å². The molecule has 5 heteroatoms. The van der Waals surface area contributed by atoms with E-state index in [0.29, 0.717) is 0 Å². The third kappa shape index (κ3) is 1.44. The first kappa shape index (κ1) is 8.68. The van der Waals surface area contributed by atoms with Crippen molar-refractivity contribution in [1.29, 1.82) is 0 Å². The number of nitrogens with two attached hydrogens (primary N) is 1. The van der Waals surface area contributed by atoms with Crippen molar-refractivity contribution in [3.05, 3.63) is 24.5 Å². The van der Waals surface area contributed by atoms with E-state index in [1.54, 1.807) is 12.4 Å². The van der Waals surface area contributed by atoms with Crippen molar-refractivity contribution >= 4 is 5.95 Å². The van der Waals surface area contributed by atoms with Crippen LogP contribution in [0.3, 0.4) is 0 Å². The van der Waals surface area contributed by atoms with Crippen molar-refractivity contribution in [2.75, 3.05) is 5.73 Å². The predicted molar refractivity (Wildman–Crippen MR) is 53.3 cm³/mol. The van der Waals surface area contributed by atoms with Crippen molar-refractivity contribution in [2.45, 2.75) is 13.5 Å². The van der Waals surface area contributed by atoms with E-state index in [1.807, 2.05) is 23.7 Å². The van der Waals surface area contributed by atoms with Crippen LogP contribution in [0.2, 0.25) is 0 Å². The van der Waals surface area contributed by atoms with Crippen molar-refractivity contribution < 1.29 is 0 Å². The van der Waals surface area contributed by atoms with Crippen LogP contribution < -0.4 is 5.73 Å². The van der Waals surface area contributed by atoms with E-state index in [9.17, 15) is 0 Å². The van der Waals surface area contributed by atoms with Gasteiger partial charge in [-0.15, -0.1) is 0 Å². The van der Waals surface area contributed by atoms with Gasteiger partial charge in [0.1, 0.15) is 0 Å². The Bertz CT molecular complexity index is 434. The number of hydrogen-bond acceptors (Lipinski definition) is 4. The predicted octanol–water partition coefficient (Wildman–Crippen LogP) is 0.942. The molecule has 2 aromatic heterocycles. The Morgan fingerprint density at radius 1 is 1.36 bits per heavy atom. The Morgan fingerprint density at radius 2 is 2.21 bits per heavy atom. The highest BCUT2D eigenvalue weighted by molar-refractivity contribution is 5.54. The summed E-state index contributed by atoms with van der Waals surface area (Å²) >= 11 is 0. The van der Waals surface area contributed by atoms with Gasteiger partial charge in [0.05, 0.1) is 11.4 Å². The lowest BCUT2D eigenvalue weighted by molar-refractivity contribution is 0.665. The van der Waals surface area contributed by atoms with Gasteiger partial charge in [0.15, 0.2) is 0 Å². The quantitative estimate of drug-likeness (QED) is 0.763. The molecule has 0 saturated carbocycles. The Labute approximate surface area is 81.6 Å². The number of nitrogens with zero attached hydrogens (tertiary/aromatic N) is 4. The van der Waals surface area contributed by atoms with Crippen LogP contribution in [-0.4, -0.2) is 19.7 Å². The standard InChI is InChI=1S/C9H11N5/c1-2-14-8(4-6-12-14)7-3-5-11-9(10)13-7/h3-6H,2H2,1H3,(H2,10,11,13). The van der Waals surface area contributed by atoms with Gasteiger partial charge in [-0.2, -0.15) is 5.10 Å². The van der Waals surface area contributed by atoms with Crippen molar-refractivity contribution in [3.8, 4) is 11.4 Å². The van der Waals surface area contributed by atoms with Gasteiger partial charge in [0, 0.05) is 18.9 Å². The van der Waals surface area contributed by atoms with Crippen LogP contribution >= 0.6 is 0 Å². The summed E-state index contributed by atoms with van der Waals surface area (Å²) in [6, 6.07) is 3.73. The fraction of sp³-hybridized carbons (Fsp3) is 0.222. The Balaban J connectivity index is 2.49. The molecular weight excluding hydrogens is 178 g/mol. The fourth-order valence-corrected chi connectivity index (χ4v) is 1.32. The molecule has 2 N–H and O–H groups in total. The van der Waals surface area contributed by atoms with E-state index in [4.69, 9.17) is 5.73 Å². The number of nitrogen functional groups attached to an aromatic ring is 1. The molecule has 2 heterocycles. The summed E-state index contributed by atoms with van der Waals surface area (Å²) in [5.74, 6) is 0.284. The molecule has 0 spiro atoms. The van der Waals surface area contributed by atoms with E-state index in [0.717, 1.165) is 17.9 Å². The van der Waals surface area contributed by atoms with Gasteiger partial charge in [-0.1, -0.05) is 0 Å². The molecule has 2 aromatic rings. The van der Waals surface area contributed by atoms with Gasteiger partial charge < -0.3 is 5.73 Å². The second-order valence-corrected chi connectivity index (χ2v) is 2.83. The summed E-state index contributed by atoms with van der Waals surface area (Å²) in [5.41, 5.74) is 7.27. The fourth-order valence-electron chi connectivity index (χ4n) is 1.32. The van der Waals surface area contributed by atoms with Gasteiger partial charge in [-0.25, -0.2) is 9.97 Å². The summed E-state index contributed by atoms with van der Waals surface area (Å²) < 4.78 is 1.86. The van der Waals surface area contributed by atoms with Gasteiger partial charge in [-0.05, 0) is 19.1 Å². The van der Waals surface area contributed by atoms with Crippen LogP contribution in [0.5, 0.6) is 0 Å². The van der Waals surface area contributed by atoms with E-state index in [1.165, 1.54) is 0 Å². The highest BCUT2D eigenvalue weighted by atomic mass is 15.3. The molecule has 0 bridgehead atoms. The molecule has 72 valence electrons. The minimum atomic E-state index is 0.284. The lowest BCUT2D eigenvalue weighted by Gasteiger charge is -2.03. The average molecular weight is 189 g/mol. The van der Waals surface area contributed by atoms with Gasteiger partial charge in [0.2, 0.25) is 5.95 Å². The average Bonchev–Trinajstić information content (AvgIpc) is 2.65. The minimum absolute atomic E-state index is 0.284. The summed E-state index contributed by atoms with van der Waals surface area (Å²) in [7, 11) is 0. The lowest BCUT2D eigenvalue weighted by Crippen LogP contribution is -2.01. The molecule has 0 saturated heterocycles.